The number of rotatable bonds is 4. The highest BCUT2D eigenvalue weighted by Gasteiger charge is 2.42. The number of aliphatic hydroxyl groups is 1. The minimum atomic E-state index is -0.162. The number of hydrogen-bond donors (Lipinski definition) is 1. The Hall–Kier alpha value is -1.28. The summed E-state index contributed by atoms with van der Waals surface area (Å²) in [5.41, 5.74) is 2.11. The molecule has 0 spiro atoms. The van der Waals surface area contributed by atoms with Gasteiger partial charge in [-0.3, -0.25) is 0 Å². The van der Waals surface area contributed by atoms with Crippen molar-refractivity contribution in [1.29, 1.82) is 0 Å². The van der Waals surface area contributed by atoms with Crippen molar-refractivity contribution >= 4 is 0 Å². The maximum Gasteiger partial charge on any atom is 0.100 e. The summed E-state index contributed by atoms with van der Waals surface area (Å²) in [6, 6.07) is 8.16. The molecule has 1 aliphatic carbocycles. The lowest BCUT2D eigenvalue weighted by molar-refractivity contribution is 0.0441. The van der Waals surface area contributed by atoms with Gasteiger partial charge in [-0.05, 0) is 44.2 Å². The van der Waals surface area contributed by atoms with Gasteiger partial charge in [0.2, 0.25) is 0 Å². The van der Waals surface area contributed by atoms with E-state index < -0.39 is 0 Å². The average Bonchev–Trinajstić information content (AvgIpc) is 3.07. The Labute approximate surface area is 109 Å². The molecule has 2 nitrogen and oxygen atoms in total. The van der Waals surface area contributed by atoms with Crippen LogP contribution in [0.3, 0.4) is 0 Å². The summed E-state index contributed by atoms with van der Waals surface area (Å²) in [7, 11) is 0. The topological polar surface area (TPSA) is 29.5 Å². The molecule has 0 amide bonds. The van der Waals surface area contributed by atoms with Crippen molar-refractivity contribution in [2.45, 2.75) is 45.3 Å². The molecular weight excluding hydrogens is 224 g/mol. The molecule has 2 atom stereocenters. The number of ether oxygens (including phenoxy) is 1. The van der Waals surface area contributed by atoms with Crippen molar-refractivity contribution < 1.29 is 9.84 Å². The third-order valence-corrected chi connectivity index (χ3v) is 3.23. The maximum atomic E-state index is 9.02. The summed E-state index contributed by atoms with van der Waals surface area (Å²) in [5, 5.41) is 9.02. The number of aliphatic hydroxyl groups excluding tert-OH is 1. The fourth-order valence-corrected chi connectivity index (χ4v) is 2.26. The molecule has 0 bridgehead atoms. The van der Waals surface area contributed by atoms with E-state index in [4.69, 9.17) is 9.84 Å². The summed E-state index contributed by atoms with van der Waals surface area (Å²) >= 11 is 0. The summed E-state index contributed by atoms with van der Waals surface area (Å²) in [5.74, 6) is 1.88. The van der Waals surface area contributed by atoms with Gasteiger partial charge in [0.15, 0.2) is 0 Å². The van der Waals surface area contributed by atoms with E-state index in [0.717, 1.165) is 17.7 Å². The molecule has 1 N–H and O–H groups in total. The van der Waals surface area contributed by atoms with Crippen molar-refractivity contribution in [2.75, 3.05) is 0 Å². The van der Waals surface area contributed by atoms with Crippen LogP contribution in [-0.4, -0.2) is 10.7 Å². The van der Waals surface area contributed by atoms with Crippen LogP contribution in [0.4, 0.5) is 0 Å². The van der Waals surface area contributed by atoms with Gasteiger partial charge in [-0.1, -0.05) is 30.8 Å². The SMILES string of the molecule is C=C(OC(C)(C)C)C1C[C@H]1c1ccc(CO)cc1. The Balaban J connectivity index is 1.96. The van der Waals surface area contributed by atoms with Gasteiger partial charge in [0, 0.05) is 5.92 Å². The fourth-order valence-electron chi connectivity index (χ4n) is 2.26. The first kappa shape index (κ1) is 13.2. The van der Waals surface area contributed by atoms with E-state index in [2.05, 4.69) is 18.7 Å². The van der Waals surface area contributed by atoms with Crippen LogP contribution in [0.5, 0.6) is 0 Å². The van der Waals surface area contributed by atoms with Crippen LogP contribution < -0.4 is 0 Å². The molecule has 98 valence electrons. The molecule has 0 radical (unpaired) electrons. The van der Waals surface area contributed by atoms with Gasteiger partial charge in [-0.15, -0.1) is 0 Å². The Morgan fingerprint density at radius 2 is 1.94 bits per heavy atom. The molecule has 0 heterocycles. The number of allylic oxidation sites excluding steroid dienone is 1. The first-order chi connectivity index (χ1) is 8.40. The Bertz CT molecular complexity index is 425. The van der Waals surface area contributed by atoms with Crippen molar-refractivity contribution in [1.82, 2.24) is 0 Å². The van der Waals surface area contributed by atoms with Crippen LogP contribution in [0.15, 0.2) is 36.6 Å². The van der Waals surface area contributed by atoms with Crippen LogP contribution in [-0.2, 0) is 11.3 Å². The Morgan fingerprint density at radius 1 is 1.33 bits per heavy atom. The lowest BCUT2D eigenvalue weighted by atomic mass is 10.1. The van der Waals surface area contributed by atoms with Crippen molar-refractivity contribution in [2.24, 2.45) is 5.92 Å². The third-order valence-electron chi connectivity index (χ3n) is 3.23. The first-order valence-corrected chi connectivity index (χ1v) is 6.48. The highest BCUT2D eigenvalue weighted by atomic mass is 16.5. The molecule has 1 aromatic carbocycles. The molecule has 1 saturated carbocycles. The third kappa shape index (κ3) is 3.14. The van der Waals surface area contributed by atoms with E-state index in [1.54, 1.807) is 0 Å². The average molecular weight is 246 g/mol. The van der Waals surface area contributed by atoms with Crippen LogP contribution in [0, 0.1) is 5.92 Å². The Kier molecular flexibility index (Phi) is 3.49. The molecule has 1 unspecified atom stereocenters. The quantitative estimate of drug-likeness (QED) is 0.822. The minimum Gasteiger partial charge on any atom is -0.493 e. The van der Waals surface area contributed by atoms with E-state index in [-0.39, 0.29) is 12.2 Å². The molecule has 1 fully saturated rings. The van der Waals surface area contributed by atoms with E-state index >= 15 is 0 Å². The monoisotopic (exact) mass is 246 g/mol. The van der Waals surface area contributed by atoms with E-state index in [0.29, 0.717) is 11.8 Å². The predicted molar refractivity (Wildman–Crippen MR) is 73.2 cm³/mol. The standard InChI is InChI=1S/C16H22O2/c1-11(18-16(2,3)4)14-9-15(14)13-7-5-12(10-17)6-8-13/h5-8,14-15,17H,1,9-10H2,2-4H3/t14?,15-/m0/s1. The van der Waals surface area contributed by atoms with Crippen molar-refractivity contribution in [3.05, 3.63) is 47.7 Å². The van der Waals surface area contributed by atoms with Gasteiger partial charge in [0.25, 0.3) is 0 Å². The lowest BCUT2D eigenvalue weighted by Gasteiger charge is -2.23. The minimum absolute atomic E-state index is 0.105. The van der Waals surface area contributed by atoms with Gasteiger partial charge in [0.1, 0.15) is 5.60 Å². The summed E-state index contributed by atoms with van der Waals surface area (Å²) in [6.07, 6.45) is 1.12. The van der Waals surface area contributed by atoms with Crippen molar-refractivity contribution in [3.63, 3.8) is 0 Å². The molecule has 2 rings (SSSR count). The zero-order valence-electron chi connectivity index (χ0n) is 11.4. The smallest absolute Gasteiger partial charge is 0.100 e. The van der Waals surface area contributed by atoms with Crippen LogP contribution >= 0.6 is 0 Å². The van der Waals surface area contributed by atoms with Gasteiger partial charge in [-0.25, -0.2) is 0 Å². The number of hydrogen-bond acceptors (Lipinski definition) is 2. The van der Waals surface area contributed by atoms with Gasteiger partial charge >= 0.3 is 0 Å². The van der Waals surface area contributed by atoms with Crippen LogP contribution in [0.1, 0.15) is 44.2 Å². The van der Waals surface area contributed by atoms with Gasteiger partial charge < -0.3 is 9.84 Å². The second kappa shape index (κ2) is 4.77. The highest BCUT2D eigenvalue weighted by Crippen LogP contribution is 2.52. The fraction of sp³-hybridized carbons (Fsp3) is 0.500. The molecule has 0 aromatic heterocycles. The zero-order valence-corrected chi connectivity index (χ0v) is 11.4. The van der Waals surface area contributed by atoms with Gasteiger partial charge in [-0.2, -0.15) is 0 Å². The zero-order chi connectivity index (χ0) is 13.3. The summed E-state index contributed by atoms with van der Waals surface area (Å²) in [4.78, 5) is 0. The predicted octanol–water partition coefficient (Wildman–Crippen LogP) is 3.61. The molecule has 18 heavy (non-hydrogen) atoms. The van der Waals surface area contributed by atoms with E-state index in [1.165, 1.54) is 5.56 Å². The largest absolute Gasteiger partial charge is 0.493 e. The Morgan fingerprint density at radius 3 is 2.44 bits per heavy atom. The van der Waals surface area contributed by atoms with Crippen LogP contribution in [0.2, 0.25) is 0 Å². The molecule has 2 heteroatoms. The maximum absolute atomic E-state index is 9.02. The molecular formula is C16H22O2. The molecule has 0 aliphatic heterocycles. The second-order valence-corrected chi connectivity index (χ2v) is 6.03. The van der Waals surface area contributed by atoms with Crippen LogP contribution in [0.25, 0.3) is 0 Å². The molecule has 0 saturated heterocycles. The lowest BCUT2D eigenvalue weighted by Crippen LogP contribution is -2.19. The normalized spacial score (nSPS) is 22.7. The summed E-state index contributed by atoms with van der Waals surface area (Å²) in [6.45, 7) is 10.3. The molecule has 1 aromatic rings. The van der Waals surface area contributed by atoms with E-state index in [9.17, 15) is 0 Å². The van der Waals surface area contributed by atoms with E-state index in [1.807, 2.05) is 32.9 Å². The number of benzene rings is 1. The second-order valence-electron chi connectivity index (χ2n) is 6.03. The summed E-state index contributed by atoms with van der Waals surface area (Å²) < 4.78 is 5.82. The highest BCUT2D eigenvalue weighted by molar-refractivity contribution is 5.32. The van der Waals surface area contributed by atoms with Gasteiger partial charge in [0.05, 0.1) is 12.4 Å². The van der Waals surface area contributed by atoms with Crippen molar-refractivity contribution in [3.8, 4) is 0 Å². The first-order valence-electron chi connectivity index (χ1n) is 6.48. The molecule has 1 aliphatic rings.